The lowest BCUT2D eigenvalue weighted by Gasteiger charge is -1.98. The highest BCUT2D eigenvalue weighted by Crippen LogP contribution is 2.33. The minimum absolute atomic E-state index is 0.0510. The number of carbonyl (C=O) groups excluding carboxylic acids is 1. The molecule has 0 saturated heterocycles. The van der Waals surface area contributed by atoms with Crippen LogP contribution in [0.4, 0.5) is 9.52 Å². The standard InChI is InChI=1S/C11H8BFN2O3S/c13-7-3-1-6(2-4-7)9-8(10(17)18)14-11(19-9)15-12-5-16/h1-5,12H,(H,14,15)(H,17,18). The van der Waals surface area contributed by atoms with Gasteiger partial charge in [0.2, 0.25) is 0 Å². The van der Waals surface area contributed by atoms with Crippen molar-refractivity contribution >= 4 is 36.0 Å². The third-order valence-electron chi connectivity index (χ3n) is 2.27. The molecule has 1 heterocycles. The van der Waals surface area contributed by atoms with Crippen molar-refractivity contribution in [3.05, 3.63) is 35.8 Å². The van der Waals surface area contributed by atoms with E-state index in [9.17, 15) is 14.0 Å². The van der Waals surface area contributed by atoms with Gasteiger partial charge in [0.05, 0.1) is 4.88 Å². The number of carboxylic acid groups (broad SMARTS) is 1. The first kappa shape index (κ1) is 13.2. The fraction of sp³-hybridized carbons (Fsp3) is 0. The Kier molecular flexibility index (Phi) is 3.91. The molecule has 0 fully saturated rings. The molecule has 2 aromatic rings. The van der Waals surface area contributed by atoms with E-state index in [1.165, 1.54) is 24.3 Å². The van der Waals surface area contributed by atoms with Gasteiger partial charge < -0.3 is 15.1 Å². The van der Waals surface area contributed by atoms with E-state index >= 15 is 0 Å². The van der Waals surface area contributed by atoms with Gasteiger partial charge in [0.25, 0.3) is 0 Å². The molecule has 0 saturated carbocycles. The Balaban J connectivity index is 2.42. The predicted octanol–water partition coefficient (Wildman–Crippen LogP) is 1.60. The van der Waals surface area contributed by atoms with Crippen molar-refractivity contribution in [3.63, 3.8) is 0 Å². The molecule has 96 valence electrons. The van der Waals surface area contributed by atoms with Crippen LogP contribution >= 0.6 is 11.3 Å². The molecule has 0 spiro atoms. The summed E-state index contributed by atoms with van der Waals surface area (Å²) >= 11 is 1.10. The van der Waals surface area contributed by atoms with E-state index in [1.54, 1.807) is 0 Å². The number of rotatable bonds is 5. The molecule has 0 atom stereocenters. The highest BCUT2D eigenvalue weighted by Gasteiger charge is 2.18. The second kappa shape index (κ2) is 5.62. The van der Waals surface area contributed by atoms with Crippen molar-refractivity contribution in [3.8, 4) is 10.4 Å². The van der Waals surface area contributed by atoms with Crippen LogP contribution in [0.1, 0.15) is 10.5 Å². The van der Waals surface area contributed by atoms with Gasteiger partial charge in [-0.3, -0.25) is 0 Å². The number of carboxylic acids is 1. The zero-order valence-corrected chi connectivity index (χ0v) is 10.4. The Bertz CT molecular complexity index is 615. The molecule has 0 amide bonds. The zero-order chi connectivity index (χ0) is 13.8. The summed E-state index contributed by atoms with van der Waals surface area (Å²) in [5.74, 6) is -1.57. The quantitative estimate of drug-likeness (QED) is 0.641. The highest BCUT2D eigenvalue weighted by atomic mass is 32.1. The van der Waals surface area contributed by atoms with Crippen LogP contribution in [0.3, 0.4) is 0 Å². The number of aromatic carboxylic acids is 1. The summed E-state index contributed by atoms with van der Waals surface area (Å²) in [5.41, 5.74) is 0.445. The maximum Gasteiger partial charge on any atom is 0.356 e. The van der Waals surface area contributed by atoms with Crippen molar-refractivity contribution in [2.45, 2.75) is 0 Å². The average Bonchev–Trinajstić information content (AvgIpc) is 2.81. The molecule has 5 nitrogen and oxygen atoms in total. The molecule has 1 aromatic heterocycles. The minimum Gasteiger partial charge on any atom is -0.476 e. The van der Waals surface area contributed by atoms with Gasteiger partial charge in [-0.2, -0.15) is 0 Å². The SMILES string of the molecule is O=CBNc1nc(C(=O)O)c(-c2ccc(F)cc2)s1. The van der Waals surface area contributed by atoms with Gasteiger partial charge >= 0.3 is 13.4 Å². The van der Waals surface area contributed by atoms with Gasteiger partial charge in [0.15, 0.2) is 10.8 Å². The fourth-order valence-corrected chi connectivity index (χ4v) is 2.44. The summed E-state index contributed by atoms with van der Waals surface area (Å²) in [6, 6.07) is 5.47. The van der Waals surface area contributed by atoms with Crippen LogP contribution in [0.25, 0.3) is 10.4 Å². The van der Waals surface area contributed by atoms with Gasteiger partial charge in [0, 0.05) is 0 Å². The molecule has 0 unspecified atom stereocenters. The van der Waals surface area contributed by atoms with E-state index in [-0.39, 0.29) is 13.1 Å². The molecular weight excluding hydrogens is 270 g/mol. The molecule has 0 aliphatic rings. The largest absolute Gasteiger partial charge is 0.476 e. The van der Waals surface area contributed by atoms with Gasteiger partial charge in [-0.05, 0) is 17.7 Å². The number of aromatic nitrogens is 1. The van der Waals surface area contributed by atoms with E-state index in [4.69, 9.17) is 5.11 Å². The van der Waals surface area contributed by atoms with Crippen molar-refractivity contribution in [2.24, 2.45) is 0 Å². The molecule has 0 radical (unpaired) electrons. The number of benzene rings is 1. The molecule has 1 aromatic carbocycles. The first-order chi connectivity index (χ1) is 9.11. The van der Waals surface area contributed by atoms with Gasteiger partial charge in [-0.1, -0.05) is 23.5 Å². The maximum atomic E-state index is 12.9. The number of thiazole rings is 1. The Morgan fingerprint density at radius 2 is 2.11 bits per heavy atom. The van der Waals surface area contributed by atoms with Crippen molar-refractivity contribution in [2.75, 3.05) is 5.23 Å². The van der Waals surface area contributed by atoms with Gasteiger partial charge in [-0.15, -0.1) is 0 Å². The number of halogens is 1. The lowest BCUT2D eigenvalue weighted by molar-refractivity contribution is 0.0692. The topological polar surface area (TPSA) is 79.3 Å². The first-order valence-corrected chi connectivity index (χ1v) is 6.11. The van der Waals surface area contributed by atoms with E-state index in [1.807, 2.05) is 0 Å². The second-order valence-corrected chi connectivity index (χ2v) is 4.56. The molecular formula is C11H8BFN2O3S. The van der Waals surface area contributed by atoms with Crippen molar-refractivity contribution in [1.82, 2.24) is 4.98 Å². The Morgan fingerprint density at radius 1 is 1.42 bits per heavy atom. The molecule has 19 heavy (non-hydrogen) atoms. The predicted molar refractivity (Wildman–Crippen MR) is 72.0 cm³/mol. The summed E-state index contributed by atoms with van der Waals surface area (Å²) < 4.78 is 12.9. The lowest BCUT2D eigenvalue weighted by atomic mass is 10.0. The Morgan fingerprint density at radius 3 is 2.68 bits per heavy atom. The number of nitrogens with one attached hydrogen (secondary N) is 1. The summed E-state index contributed by atoms with van der Waals surface area (Å²) in [4.78, 5) is 25.7. The fourth-order valence-electron chi connectivity index (χ4n) is 1.47. The Hall–Kier alpha value is -2.22. The van der Waals surface area contributed by atoms with Crippen LogP contribution in [0, 0.1) is 5.82 Å². The first-order valence-electron chi connectivity index (χ1n) is 5.29. The molecule has 0 bridgehead atoms. The van der Waals surface area contributed by atoms with Crippen LogP contribution < -0.4 is 5.23 Å². The smallest absolute Gasteiger partial charge is 0.356 e. The van der Waals surface area contributed by atoms with Crippen molar-refractivity contribution in [1.29, 1.82) is 0 Å². The molecule has 8 heteroatoms. The molecule has 2 N–H and O–H groups in total. The summed E-state index contributed by atoms with van der Waals surface area (Å²) in [5, 5.41) is 12.1. The molecule has 0 aliphatic heterocycles. The van der Waals surface area contributed by atoms with Crippen LogP contribution in [0.15, 0.2) is 24.3 Å². The third kappa shape index (κ3) is 2.97. The van der Waals surface area contributed by atoms with Crippen LogP contribution in [-0.2, 0) is 4.79 Å². The van der Waals surface area contributed by atoms with Gasteiger partial charge in [0.1, 0.15) is 12.0 Å². The van der Waals surface area contributed by atoms with Crippen LogP contribution in [0.2, 0.25) is 0 Å². The minimum atomic E-state index is -1.17. The maximum absolute atomic E-state index is 12.9. The number of carbonyl (C=O) groups is 2. The summed E-state index contributed by atoms with van der Waals surface area (Å²) in [6.07, 6.45) is 0.652. The number of nitrogens with zero attached hydrogens (tertiary/aromatic N) is 1. The van der Waals surface area contributed by atoms with Crippen molar-refractivity contribution < 1.29 is 19.1 Å². The van der Waals surface area contributed by atoms with Crippen LogP contribution in [-0.4, -0.2) is 29.7 Å². The number of anilines is 1. The summed E-state index contributed by atoms with van der Waals surface area (Å²) in [7, 11) is 0.0510. The zero-order valence-electron chi connectivity index (χ0n) is 9.59. The molecule has 2 rings (SSSR count). The number of hydrogen-bond acceptors (Lipinski definition) is 5. The Labute approximate surface area is 112 Å². The van der Waals surface area contributed by atoms with E-state index in [0.29, 0.717) is 21.8 Å². The lowest BCUT2D eigenvalue weighted by Crippen LogP contribution is -2.07. The third-order valence-corrected chi connectivity index (χ3v) is 3.33. The van der Waals surface area contributed by atoms with Crippen LogP contribution in [0.5, 0.6) is 0 Å². The van der Waals surface area contributed by atoms with E-state index in [0.717, 1.165) is 11.3 Å². The van der Waals surface area contributed by atoms with E-state index < -0.39 is 11.8 Å². The average molecular weight is 278 g/mol. The normalized spacial score (nSPS) is 9.95. The second-order valence-electron chi connectivity index (χ2n) is 3.56. The summed E-state index contributed by atoms with van der Waals surface area (Å²) in [6.45, 7) is 0. The monoisotopic (exact) mass is 278 g/mol. The number of hydrogen-bond donors (Lipinski definition) is 2. The van der Waals surface area contributed by atoms with E-state index in [2.05, 4.69) is 10.2 Å². The molecule has 0 aliphatic carbocycles. The highest BCUT2D eigenvalue weighted by molar-refractivity contribution is 7.19. The van der Waals surface area contributed by atoms with Gasteiger partial charge in [-0.25, -0.2) is 14.2 Å².